The number of halogens is 1. The summed E-state index contributed by atoms with van der Waals surface area (Å²) in [5.74, 6) is 1.65. The molecular formula is C9H10ClN5. The molecule has 78 valence electrons. The molecule has 2 aromatic heterocycles. The van der Waals surface area contributed by atoms with Crippen molar-refractivity contribution in [1.82, 2.24) is 19.7 Å². The van der Waals surface area contributed by atoms with Gasteiger partial charge in [-0.25, -0.2) is 14.6 Å². The van der Waals surface area contributed by atoms with Gasteiger partial charge in [0.25, 0.3) is 0 Å². The molecule has 0 saturated carbocycles. The van der Waals surface area contributed by atoms with Gasteiger partial charge in [0, 0.05) is 11.8 Å². The molecule has 2 N–H and O–H groups in total. The number of aryl methyl sites for hydroxylation is 2. The minimum absolute atomic E-state index is 0.297. The van der Waals surface area contributed by atoms with E-state index >= 15 is 0 Å². The third kappa shape index (κ3) is 1.92. The topological polar surface area (TPSA) is 69.6 Å². The summed E-state index contributed by atoms with van der Waals surface area (Å²) in [7, 11) is 0. The largest absolute Gasteiger partial charge is 0.381 e. The Morgan fingerprint density at radius 1 is 1.33 bits per heavy atom. The zero-order valence-corrected chi connectivity index (χ0v) is 9.15. The van der Waals surface area contributed by atoms with Crippen LogP contribution in [-0.2, 0) is 0 Å². The highest BCUT2D eigenvalue weighted by Crippen LogP contribution is 2.17. The standard InChI is InChI=1S/C9H10ClN5/c1-5-3-8(13-6(2)12-5)15-4-7(10)9(11)14-15/h3-4H,1-2H3,(H2,11,14). The first-order chi connectivity index (χ1) is 7.06. The summed E-state index contributed by atoms with van der Waals surface area (Å²) in [6, 6.07) is 1.82. The summed E-state index contributed by atoms with van der Waals surface area (Å²) in [6.45, 7) is 3.72. The van der Waals surface area contributed by atoms with E-state index in [1.807, 2.05) is 19.9 Å². The van der Waals surface area contributed by atoms with Crippen molar-refractivity contribution < 1.29 is 0 Å². The molecule has 0 amide bonds. The first-order valence-electron chi connectivity index (χ1n) is 4.39. The highest BCUT2D eigenvalue weighted by Gasteiger charge is 2.06. The van der Waals surface area contributed by atoms with Crippen LogP contribution >= 0.6 is 11.6 Å². The lowest BCUT2D eigenvalue weighted by Gasteiger charge is -2.02. The van der Waals surface area contributed by atoms with Crippen molar-refractivity contribution in [3.63, 3.8) is 0 Å². The van der Waals surface area contributed by atoms with E-state index in [4.69, 9.17) is 17.3 Å². The van der Waals surface area contributed by atoms with Crippen LogP contribution < -0.4 is 5.73 Å². The lowest BCUT2D eigenvalue weighted by molar-refractivity contribution is 0.826. The van der Waals surface area contributed by atoms with Crippen LogP contribution in [0.1, 0.15) is 11.5 Å². The normalized spacial score (nSPS) is 10.6. The number of nitrogens with zero attached hydrogens (tertiary/aromatic N) is 4. The molecule has 0 spiro atoms. The lowest BCUT2D eigenvalue weighted by Crippen LogP contribution is -2.02. The maximum atomic E-state index is 5.81. The number of nitrogens with two attached hydrogens (primary N) is 1. The minimum Gasteiger partial charge on any atom is -0.381 e. The molecule has 2 heterocycles. The molecule has 2 rings (SSSR count). The van der Waals surface area contributed by atoms with Gasteiger partial charge in [0.15, 0.2) is 11.6 Å². The molecule has 0 aliphatic rings. The fourth-order valence-corrected chi connectivity index (χ4v) is 1.43. The van der Waals surface area contributed by atoms with E-state index in [9.17, 15) is 0 Å². The fourth-order valence-electron chi connectivity index (χ4n) is 1.30. The second kappa shape index (κ2) is 3.51. The smallest absolute Gasteiger partial charge is 0.164 e. The van der Waals surface area contributed by atoms with Gasteiger partial charge in [-0.15, -0.1) is 5.10 Å². The molecule has 0 bridgehead atoms. The van der Waals surface area contributed by atoms with Crippen molar-refractivity contribution in [1.29, 1.82) is 0 Å². The minimum atomic E-state index is 0.297. The molecule has 5 nitrogen and oxygen atoms in total. The van der Waals surface area contributed by atoms with Gasteiger partial charge in [0.2, 0.25) is 0 Å². The summed E-state index contributed by atoms with van der Waals surface area (Å²) in [4.78, 5) is 8.41. The molecule has 0 radical (unpaired) electrons. The van der Waals surface area contributed by atoms with Crippen molar-refractivity contribution in [2.45, 2.75) is 13.8 Å². The van der Waals surface area contributed by atoms with Crippen molar-refractivity contribution >= 4 is 17.4 Å². The summed E-state index contributed by atoms with van der Waals surface area (Å²) in [6.07, 6.45) is 1.62. The van der Waals surface area contributed by atoms with Gasteiger partial charge in [-0.1, -0.05) is 11.6 Å². The monoisotopic (exact) mass is 223 g/mol. The average molecular weight is 224 g/mol. The summed E-state index contributed by atoms with van der Waals surface area (Å²) >= 11 is 5.81. The Labute approximate surface area is 91.9 Å². The number of rotatable bonds is 1. The molecule has 6 heteroatoms. The summed E-state index contributed by atoms with van der Waals surface area (Å²) < 4.78 is 1.54. The van der Waals surface area contributed by atoms with Crippen LogP contribution in [0.5, 0.6) is 0 Å². The molecule has 0 saturated heterocycles. The van der Waals surface area contributed by atoms with E-state index in [0.717, 1.165) is 5.69 Å². The maximum absolute atomic E-state index is 5.81. The molecule has 15 heavy (non-hydrogen) atoms. The Morgan fingerprint density at radius 2 is 2.07 bits per heavy atom. The van der Waals surface area contributed by atoms with Crippen LogP contribution in [0.15, 0.2) is 12.3 Å². The zero-order chi connectivity index (χ0) is 11.0. The predicted molar refractivity (Wildman–Crippen MR) is 58.1 cm³/mol. The number of hydrogen-bond donors (Lipinski definition) is 1. The van der Waals surface area contributed by atoms with E-state index in [1.165, 1.54) is 0 Å². The van der Waals surface area contributed by atoms with Gasteiger partial charge in [0.1, 0.15) is 10.8 Å². The van der Waals surface area contributed by atoms with Crippen molar-refractivity contribution in [3.8, 4) is 5.82 Å². The Hall–Kier alpha value is -1.62. The predicted octanol–water partition coefficient (Wildman–Crippen LogP) is 1.51. The van der Waals surface area contributed by atoms with E-state index < -0.39 is 0 Å². The highest BCUT2D eigenvalue weighted by atomic mass is 35.5. The van der Waals surface area contributed by atoms with Crippen LogP contribution in [0.3, 0.4) is 0 Å². The van der Waals surface area contributed by atoms with Gasteiger partial charge in [0.05, 0.1) is 6.20 Å². The van der Waals surface area contributed by atoms with Crippen molar-refractivity contribution in [2.75, 3.05) is 5.73 Å². The second-order valence-electron chi connectivity index (χ2n) is 3.22. The quantitative estimate of drug-likeness (QED) is 0.796. The third-order valence-corrected chi connectivity index (χ3v) is 2.17. The Morgan fingerprint density at radius 3 is 2.60 bits per heavy atom. The van der Waals surface area contributed by atoms with E-state index in [1.54, 1.807) is 10.9 Å². The molecule has 0 atom stereocenters. The average Bonchev–Trinajstić information content (AvgIpc) is 2.45. The van der Waals surface area contributed by atoms with Crippen molar-refractivity contribution in [2.24, 2.45) is 0 Å². The molecule has 0 aromatic carbocycles. The number of hydrogen-bond acceptors (Lipinski definition) is 4. The molecule has 0 aliphatic heterocycles. The Balaban J connectivity index is 2.53. The molecular weight excluding hydrogens is 214 g/mol. The van der Waals surface area contributed by atoms with Crippen LogP contribution in [0.4, 0.5) is 5.82 Å². The first kappa shape index (κ1) is 9.92. The summed E-state index contributed by atoms with van der Waals surface area (Å²) in [5, 5.41) is 4.46. The third-order valence-electron chi connectivity index (χ3n) is 1.88. The van der Waals surface area contributed by atoms with Crippen molar-refractivity contribution in [3.05, 3.63) is 28.8 Å². The fraction of sp³-hybridized carbons (Fsp3) is 0.222. The van der Waals surface area contributed by atoms with Crippen LogP contribution in [-0.4, -0.2) is 19.7 Å². The van der Waals surface area contributed by atoms with Gasteiger partial charge in [-0.2, -0.15) is 0 Å². The van der Waals surface area contributed by atoms with Crippen LogP contribution in [0.25, 0.3) is 5.82 Å². The van der Waals surface area contributed by atoms with Gasteiger partial charge < -0.3 is 5.73 Å². The SMILES string of the molecule is Cc1cc(-n2cc(Cl)c(N)n2)nc(C)n1. The number of aromatic nitrogens is 4. The molecule has 2 aromatic rings. The first-order valence-corrected chi connectivity index (χ1v) is 4.77. The Kier molecular flexibility index (Phi) is 2.32. The van der Waals surface area contributed by atoms with Crippen LogP contribution in [0.2, 0.25) is 5.02 Å². The Bertz CT molecular complexity index is 465. The zero-order valence-electron chi connectivity index (χ0n) is 8.40. The van der Waals surface area contributed by atoms with E-state index in [-0.39, 0.29) is 0 Å². The molecule has 0 unspecified atom stereocenters. The molecule has 0 fully saturated rings. The number of anilines is 1. The van der Waals surface area contributed by atoms with E-state index in [0.29, 0.717) is 22.5 Å². The second-order valence-corrected chi connectivity index (χ2v) is 3.63. The molecule has 0 aliphatic carbocycles. The van der Waals surface area contributed by atoms with E-state index in [2.05, 4.69) is 15.1 Å². The summed E-state index contributed by atoms with van der Waals surface area (Å²) in [5.41, 5.74) is 6.42. The highest BCUT2D eigenvalue weighted by molar-refractivity contribution is 6.32. The van der Waals surface area contributed by atoms with Gasteiger partial charge in [-0.05, 0) is 13.8 Å². The lowest BCUT2D eigenvalue weighted by atomic mass is 10.4. The maximum Gasteiger partial charge on any atom is 0.164 e. The van der Waals surface area contributed by atoms with Crippen LogP contribution in [0, 0.1) is 13.8 Å². The number of nitrogen functional groups attached to an aromatic ring is 1. The van der Waals surface area contributed by atoms with Gasteiger partial charge >= 0.3 is 0 Å². The van der Waals surface area contributed by atoms with Gasteiger partial charge in [-0.3, -0.25) is 0 Å².